The maximum absolute atomic E-state index is 13.0. The Bertz CT molecular complexity index is 2490. The van der Waals surface area contributed by atoms with Gasteiger partial charge in [-0.05, 0) is 135 Å². The molecule has 5 unspecified atom stereocenters. The molecule has 656 valence electrons. The van der Waals surface area contributed by atoms with Gasteiger partial charge >= 0.3 is 33.6 Å². The third kappa shape index (κ3) is 88.9. The first-order valence-electron chi connectivity index (χ1n) is 46.2. The first kappa shape index (κ1) is 109. The van der Waals surface area contributed by atoms with Gasteiger partial charge < -0.3 is 34.2 Å². The lowest BCUT2D eigenvalue weighted by Crippen LogP contribution is -2.30. The molecule has 0 rings (SSSR count). The second-order valence-electron chi connectivity index (χ2n) is 31.1. The minimum Gasteiger partial charge on any atom is -0.463 e. The van der Waals surface area contributed by atoms with E-state index < -0.39 is 91.5 Å². The number of phosphoric ester groups is 2. The van der Waals surface area contributed by atoms with Crippen LogP contribution in [0.25, 0.3) is 0 Å². The molecule has 0 aliphatic rings. The fourth-order valence-electron chi connectivity index (χ4n) is 12.9. The highest BCUT2D eigenvalue weighted by atomic mass is 31.2. The molecule has 16 nitrogen and oxygen atoms in total. The van der Waals surface area contributed by atoms with Crippen molar-refractivity contribution in [3.63, 3.8) is 0 Å². The molecular weight excluding hydrogens is 1460 g/mol. The highest BCUT2D eigenvalue weighted by Crippen LogP contribution is 2.45. The standard InChI is InChI=1S/C95H170O16P2/c1-4-7-10-13-16-19-22-25-28-30-32-34-36-38-40-42-43-44-45-47-49-50-52-54-56-58-61-63-66-69-72-75-78-81-93(98)105-84-90(96)85-107-112(101,102)108-86-91(97)87-109-113(103,104)110-89-92(111-95(100)83-80-77-74-71-68-65-60-27-24-21-18-15-12-9-6-3)88-106-94(99)82-79-76-73-70-67-64-62-59-57-55-53-51-48-46-41-39-37-35-33-31-29-26-23-20-17-14-11-8-5-2/h16-17,19-20,25-29,32-35,38-41,60,90-92,96-97H,4-15,18,21-24,30-31,36-37,42-59,61-89H2,1-3H3,(H,101,102)(H,103,104)/b19-16-,20-17-,28-25-,29-26-,34-32-,35-33-,40-38-,41-39-,60-27-. The highest BCUT2D eigenvalue weighted by Gasteiger charge is 2.29. The van der Waals surface area contributed by atoms with Crippen LogP contribution < -0.4 is 0 Å². The second-order valence-corrected chi connectivity index (χ2v) is 34.0. The Morgan fingerprint density at radius 1 is 0.248 bits per heavy atom. The van der Waals surface area contributed by atoms with Crippen molar-refractivity contribution in [3.05, 3.63) is 109 Å². The summed E-state index contributed by atoms with van der Waals surface area (Å²) in [7, 11) is -9.80. The molecule has 0 bridgehead atoms. The summed E-state index contributed by atoms with van der Waals surface area (Å²) in [6, 6.07) is 0. The zero-order chi connectivity index (χ0) is 82.2. The largest absolute Gasteiger partial charge is 0.472 e. The minimum atomic E-state index is -4.94. The molecule has 0 aromatic heterocycles. The highest BCUT2D eigenvalue weighted by molar-refractivity contribution is 7.47. The SMILES string of the molecule is CCCCC/C=C\C/C=C\C/C=C\C/C=C\CCCCCCCCCCCCCCCCCCCC(=O)OCC(O)COP(=O)(O)OCC(O)COP(=O)(O)OCC(COC(=O)CCCCCCCCCCCCCCC/C=C\C/C=C\C/C=C\C/C=C\CCCCC)OC(=O)CCCCCCC/C=C\CCCCCCCC. The molecule has 0 aliphatic heterocycles. The summed E-state index contributed by atoms with van der Waals surface area (Å²) in [4.78, 5) is 58.9. The van der Waals surface area contributed by atoms with Gasteiger partial charge in [0.05, 0.1) is 26.4 Å². The summed E-state index contributed by atoms with van der Waals surface area (Å²) in [5.74, 6) is -1.57. The number of hydrogen-bond donors (Lipinski definition) is 4. The van der Waals surface area contributed by atoms with E-state index >= 15 is 0 Å². The van der Waals surface area contributed by atoms with Crippen LogP contribution in [0.3, 0.4) is 0 Å². The molecule has 0 spiro atoms. The van der Waals surface area contributed by atoms with Crippen molar-refractivity contribution in [2.75, 3.05) is 39.6 Å². The Morgan fingerprint density at radius 3 is 0.726 bits per heavy atom. The fraction of sp³-hybridized carbons (Fsp3) is 0.779. The summed E-state index contributed by atoms with van der Waals surface area (Å²) >= 11 is 0. The topological polar surface area (TPSA) is 231 Å². The van der Waals surface area contributed by atoms with E-state index in [0.29, 0.717) is 19.3 Å². The maximum Gasteiger partial charge on any atom is 0.472 e. The molecule has 0 aromatic rings. The number of ether oxygens (including phenoxy) is 3. The van der Waals surface area contributed by atoms with Crippen LogP contribution in [-0.2, 0) is 55.8 Å². The lowest BCUT2D eigenvalue weighted by Gasteiger charge is -2.21. The van der Waals surface area contributed by atoms with E-state index in [9.17, 15) is 43.5 Å². The first-order chi connectivity index (χ1) is 55.2. The van der Waals surface area contributed by atoms with Gasteiger partial charge in [-0.25, -0.2) is 9.13 Å². The average molecular weight is 1630 g/mol. The van der Waals surface area contributed by atoms with Crippen molar-refractivity contribution in [1.29, 1.82) is 0 Å². The first-order valence-corrected chi connectivity index (χ1v) is 49.2. The summed E-state index contributed by atoms with van der Waals surface area (Å²) in [6.07, 6.45) is 106. The summed E-state index contributed by atoms with van der Waals surface area (Å²) in [5.41, 5.74) is 0. The van der Waals surface area contributed by atoms with Crippen molar-refractivity contribution in [1.82, 2.24) is 0 Å². The fourth-order valence-corrected chi connectivity index (χ4v) is 14.5. The van der Waals surface area contributed by atoms with E-state index in [0.717, 1.165) is 122 Å². The van der Waals surface area contributed by atoms with Gasteiger partial charge in [-0.1, -0.05) is 374 Å². The Morgan fingerprint density at radius 2 is 0.442 bits per heavy atom. The lowest BCUT2D eigenvalue weighted by molar-refractivity contribution is -0.161. The molecule has 0 radical (unpaired) electrons. The number of esters is 3. The number of hydrogen-bond acceptors (Lipinski definition) is 14. The van der Waals surface area contributed by atoms with Crippen molar-refractivity contribution >= 4 is 33.6 Å². The molecule has 18 heteroatoms. The van der Waals surface area contributed by atoms with Gasteiger partial charge in [0.15, 0.2) is 6.10 Å². The number of phosphoric acid groups is 2. The second kappa shape index (κ2) is 87.5. The monoisotopic (exact) mass is 1630 g/mol. The minimum absolute atomic E-state index is 0.0961. The van der Waals surface area contributed by atoms with Crippen LogP contribution in [0.2, 0.25) is 0 Å². The molecule has 0 aliphatic carbocycles. The van der Waals surface area contributed by atoms with E-state index in [1.807, 2.05) is 0 Å². The van der Waals surface area contributed by atoms with Gasteiger partial charge in [0.2, 0.25) is 0 Å². The zero-order valence-electron chi connectivity index (χ0n) is 72.3. The van der Waals surface area contributed by atoms with Gasteiger partial charge in [0.25, 0.3) is 0 Å². The third-order valence-electron chi connectivity index (χ3n) is 19.9. The molecule has 113 heavy (non-hydrogen) atoms. The van der Waals surface area contributed by atoms with Gasteiger partial charge in [0, 0.05) is 19.3 Å². The molecule has 0 aromatic carbocycles. The number of rotatable bonds is 88. The molecule has 0 fully saturated rings. The summed E-state index contributed by atoms with van der Waals surface area (Å²) < 4.78 is 61.4. The lowest BCUT2D eigenvalue weighted by atomic mass is 10.0. The van der Waals surface area contributed by atoms with Gasteiger partial charge in [0.1, 0.15) is 25.4 Å². The van der Waals surface area contributed by atoms with E-state index in [2.05, 4.69) is 130 Å². The Labute approximate surface area is 691 Å². The van der Waals surface area contributed by atoms with Gasteiger partial charge in [-0.2, -0.15) is 0 Å². The number of carbonyl (C=O) groups is 3. The summed E-state index contributed by atoms with van der Waals surface area (Å²) in [5, 5.41) is 20.7. The maximum atomic E-state index is 13.0. The Kier molecular flexibility index (Phi) is 84.6. The van der Waals surface area contributed by atoms with Crippen molar-refractivity contribution in [2.45, 2.75) is 437 Å². The molecule has 0 amide bonds. The van der Waals surface area contributed by atoms with E-state index in [1.165, 1.54) is 238 Å². The number of carbonyl (C=O) groups excluding carboxylic acids is 3. The van der Waals surface area contributed by atoms with E-state index in [1.54, 1.807) is 0 Å². The third-order valence-corrected chi connectivity index (χ3v) is 21.8. The van der Waals surface area contributed by atoms with Crippen molar-refractivity contribution in [2.24, 2.45) is 0 Å². The van der Waals surface area contributed by atoms with Crippen LogP contribution in [0.4, 0.5) is 0 Å². The van der Waals surface area contributed by atoms with Gasteiger partial charge in [-0.15, -0.1) is 0 Å². The van der Waals surface area contributed by atoms with Crippen LogP contribution >= 0.6 is 15.6 Å². The molecule has 0 saturated heterocycles. The van der Waals surface area contributed by atoms with Crippen molar-refractivity contribution in [3.8, 4) is 0 Å². The molecule has 0 heterocycles. The number of aliphatic hydroxyl groups is 2. The van der Waals surface area contributed by atoms with Gasteiger partial charge in [-0.3, -0.25) is 32.5 Å². The molecule has 0 saturated carbocycles. The van der Waals surface area contributed by atoms with Crippen LogP contribution in [0.5, 0.6) is 0 Å². The average Bonchev–Trinajstić information content (AvgIpc) is 0.903. The normalized spacial score (nSPS) is 14.3. The predicted molar refractivity (Wildman–Crippen MR) is 473 cm³/mol. The van der Waals surface area contributed by atoms with Crippen LogP contribution in [0.1, 0.15) is 419 Å². The number of allylic oxidation sites excluding steroid dienone is 18. The Hall–Kier alpha value is -3.79. The Balaban J connectivity index is 4.44. The zero-order valence-corrected chi connectivity index (χ0v) is 74.1. The van der Waals surface area contributed by atoms with Crippen LogP contribution in [0.15, 0.2) is 109 Å². The smallest absolute Gasteiger partial charge is 0.463 e. The van der Waals surface area contributed by atoms with Crippen LogP contribution in [-0.4, -0.2) is 95.9 Å². The number of unbranched alkanes of at least 4 members (excludes halogenated alkanes) is 47. The quantitative estimate of drug-likeness (QED) is 0.0146. The van der Waals surface area contributed by atoms with E-state index in [-0.39, 0.29) is 19.3 Å². The van der Waals surface area contributed by atoms with E-state index in [4.69, 9.17) is 32.3 Å². The molecule has 5 atom stereocenters. The number of aliphatic hydroxyl groups excluding tert-OH is 2. The predicted octanol–water partition coefficient (Wildman–Crippen LogP) is 28.2. The summed E-state index contributed by atoms with van der Waals surface area (Å²) in [6.45, 7) is 2.68. The van der Waals surface area contributed by atoms with Crippen LogP contribution in [0, 0.1) is 0 Å². The van der Waals surface area contributed by atoms with Crippen molar-refractivity contribution < 1.29 is 75.8 Å². The molecular formula is C95H170O16P2. The molecule has 4 N–H and O–H groups in total.